The number of tetrazole rings is 1. The molecular weight excluding hydrogens is 414 g/mol. The number of ketones is 1. The zero-order chi connectivity index (χ0) is 21.8. The molecule has 0 spiro atoms. The van der Waals surface area contributed by atoms with Gasteiger partial charge in [-0.25, -0.2) is 0 Å². The first-order valence-corrected chi connectivity index (χ1v) is 11.5. The van der Waals surface area contributed by atoms with E-state index in [1.807, 2.05) is 51.1 Å². The van der Waals surface area contributed by atoms with Crippen LogP contribution in [0, 0.1) is 13.8 Å². The largest absolute Gasteiger partial charge is 0.492 e. The molecule has 1 aromatic carbocycles. The van der Waals surface area contributed by atoms with Crippen molar-refractivity contribution in [2.24, 2.45) is 0 Å². The smallest absolute Gasteiger partial charge is 0.214 e. The van der Waals surface area contributed by atoms with Crippen LogP contribution < -0.4 is 4.74 Å². The molecule has 2 aromatic heterocycles. The van der Waals surface area contributed by atoms with Gasteiger partial charge in [0.05, 0.1) is 18.5 Å². The molecule has 1 aliphatic heterocycles. The molecule has 0 bridgehead atoms. The van der Waals surface area contributed by atoms with Crippen LogP contribution in [-0.2, 0) is 11.3 Å². The maximum Gasteiger partial charge on any atom is 0.214 e. The van der Waals surface area contributed by atoms with Gasteiger partial charge in [0.1, 0.15) is 11.4 Å². The lowest BCUT2D eigenvalue weighted by Crippen LogP contribution is -2.17. The van der Waals surface area contributed by atoms with Gasteiger partial charge >= 0.3 is 0 Å². The number of nitrogens with zero attached hydrogens (tertiary/aromatic N) is 5. The third-order valence-electron chi connectivity index (χ3n) is 5.45. The number of aromatic nitrogens is 5. The zero-order valence-corrected chi connectivity index (χ0v) is 18.9. The van der Waals surface area contributed by atoms with Gasteiger partial charge in [-0.2, -0.15) is 4.68 Å². The van der Waals surface area contributed by atoms with Crippen LogP contribution in [0.1, 0.15) is 41.5 Å². The quantitative estimate of drug-likeness (QED) is 0.370. The van der Waals surface area contributed by atoms with Crippen LogP contribution in [0.4, 0.5) is 0 Å². The molecule has 1 fully saturated rings. The number of carbonyl (C=O) groups is 1. The molecule has 164 valence electrons. The van der Waals surface area contributed by atoms with Crippen LogP contribution in [0.2, 0.25) is 0 Å². The molecule has 1 atom stereocenters. The highest BCUT2D eigenvalue weighted by atomic mass is 32.2. The van der Waals surface area contributed by atoms with E-state index in [9.17, 15) is 4.79 Å². The first kappa shape index (κ1) is 21.6. The minimum absolute atomic E-state index is 0.0596. The number of thioether (sulfide) groups is 1. The summed E-state index contributed by atoms with van der Waals surface area (Å²) in [6.45, 7) is 8.14. The van der Waals surface area contributed by atoms with E-state index in [1.165, 1.54) is 11.8 Å². The van der Waals surface area contributed by atoms with E-state index < -0.39 is 0 Å². The molecule has 1 unspecified atom stereocenters. The molecule has 9 heteroatoms. The molecule has 0 radical (unpaired) electrons. The first-order valence-electron chi connectivity index (χ1n) is 10.5. The molecule has 3 heterocycles. The van der Waals surface area contributed by atoms with E-state index in [0.29, 0.717) is 17.5 Å². The topological polar surface area (TPSA) is 84.1 Å². The molecule has 0 N–H and O–H groups in total. The van der Waals surface area contributed by atoms with Crippen LogP contribution in [0.5, 0.6) is 5.75 Å². The number of carbonyl (C=O) groups excluding carboxylic acids is 1. The van der Waals surface area contributed by atoms with Gasteiger partial charge in [0.25, 0.3) is 0 Å². The Balaban J connectivity index is 1.48. The molecular formula is C22H27N5O3S. The van der Waals surface area contributed by atoms with Crippen LogP contribution in [0.15, 0.2) is 35.5 Å². The minimum atomic E-state index is 0.0596. The average Bonchev–Trinajstić information content (AvgIpc) is 3.51. The number of rotatable bonds is 9. The van der Waals surface area contributed by atoms with Crippen molar-refractivity contribution in [3.8, 4) is 11.4 Å². The number of Topliss-reactive ketones (excluding diaryl/α,β-unsaturated/α-hetero) is 1. The van der Waals surface area contributed by atoms with Gasteiger partial charge in [-0.15, -0.1) is 5.10 Å². The van der Waals surface area contributed by atoms with E-state index in [2.05, 4.69) is 20.1 Å². The second kappa shape index (κ2) is 9.65. The van der Waals surface area contributed by atoms with Gasteiger partial charge in [-0.3, -0.25) is 4.79 Å². The van der Waals surface area contributed by atoms with E-state index in [1.54, 1.807) is 4.68 Å². The lowest BCUT2D eigenvalue weighted by Gasteiger charge is -2.14. The van der Waals surface area contributed by atoms with Gasteiger partial charge in [-0.1, -0.05) is 23.9 Å². The molecule has 31 heavy (non-hydrogen) atoms. The Bertz CT molecular complexity index is 1060. The van der Waals surface area contributed by atoms with Crippen LogP contribution in [0.3, 0.4) is 0 Å². The molecule has 1 aliphatic rings. The van der Waals surface area contributed by atoms with Crippen LogP contribution in [0.25, 0.3) is 5.69 Å². The van der Waals surface area contributed by atoms with Gasteiger partial charge in [0, 0.05) is 30.1 Å². The van der Waals surface area contributed by atoms with Gasteiger partial charge in [0.15, 0.2) is 5.78 Å². The monoisotopic (exact) mass is 441 g/mol. The number of para-hydroxylation sites is 2. The van der Waals surface area contributed by atoms with Gasteiger partial charge < -0.3 is 14.0 Å². The van der Waals surface area contributed by atoms with E-state index in [4.69, 9.17) is 9.47 Å². The maximum atomic E-state index is 13.0. The minimum Gasteiger partial charge on any atom is -0.492 e. The number of hydrogen-bond acceptors (Lipinski definition) is 7. The summed E-state index contributed by atoms with van der Waals surface area (Å²) in [5, 5.41) is 12.6. The van der Waals surface area contributed by atoms with Crippen LogP contribution >= 0.6 is 11.8 Å². The van der Waals surface area contributed by atoms with E-state index >= 15 is 0 Å². The number of benzene rings is 1. The summed E-state index contributed by atoms with van der Waals surface area (Å²) in [7, 11) is 0. The Hall–Kier alpha value is -2.65. The molecule has 0 amide bonds. The summed E-state index contributed by atoms with van der Waals surface area (Å²) in [6, 6.07) is 9.55. The molecule has 3 aromatic rings. The predicted molar refractivity (Wildman–Crippen MR) is 118 cm³/mol. The molecule has 0 aliphatic carbocycles. The fourth-order valence-corrected chi connectivity index (χ4v) is 4.66. The SMILES string of the molecule is CCOc1ccccc1-n1nnnc1SCC(=O)c1cc(C)n(CC2CCCO2)c1C. The summed E-state index contributed by atoms with van der Waals surface area (Å²) in [4.78, 5) is 13.0. The number of hydrogen-bond donors (Lipinski definition) is 0. The van der Waals surface area contributed by atoms with Gasteiger partial charge in [-0.05, 0) is 62.2 Å². The summed E-state index contributed by atoms with van der Waals surface area (Å²) in [5.41, 5.74) is 3.56. The highest BCUT2D eigenvalue weighted by Gasteiger charge is 2.22. The second-order valence-corrected chi connectivity index (χ2v) is 8.46. The second-order valence-electron chi connectivity index (χ2n) is 7.52. The summed E-state index contributed by atoms with van der Waals surface area (Å²) >= 11 is 1.32. The standard InChI is InChI=1S/C22H27N5O3S/c1-4-29-21-10-6-5-9-19(21)27-22(23-24-25-27)31-14-20(28)18-12-15(2)26(16(18)3)13-17-8-7-11-30-17/h5-6,9-10,12,17H,4,7-8,11,13-14H2,1-3H3. The maximum absolute atomic E-state index is 13.0. The Morgan fingerprint density at radius 3 is 2.94 bits per heavy atom. The van der Waals surface area contributed by atoms with Crippen molar-refractivity contribution >= 4 is 17.5 Å². The van der Waals surface area contributed by atoms with Crippen molar-refractivity contribution in [2.75, 3.05) is 19.0 Å². The van der Waals surface area contributed by atoms with Crippen molar-refractivity contribution in [1.29, 1.82) is 0 Å². The Morgan fingerprint density at radius 1 is 1.32 bits per heavy atom. The number of aryl methyl sites for hydroxylation is 1. The fourth-order valence-electron chi connectivity index (χ4n) is 3.89. The normalized spacial score (nSPS) is 16.0. The average molecular weight is 442 g/mol. The van der Waals surface area contributed by atoms with Crippen molar-refractivity contribution in [3.63, 3.8) is 0 Å². The Morgan fingerprint density at radius 2 is 2.16 bits per heavy atom. The van der Waals surface area contributed by atoms with Crippen molar-refractivity contribution in [3.05, 3.63) is 47.3 Å². The number of ether oxygens (including phenoxy) is 2. The summed E-state index contributed by atoms with van der Waals surface area (Å²) < 4.78 is 15.3. The predicted octanol–water partition coefficient (Wildman–Crippen LogP) is 3.63. The van der Waals surface area contributed by atoms with E-state index in [0.717, 1.165) is 48.6 Å². The fraction of sp³-hybridized carbons (Fsp3) is 0.455. The summed E-state index contributed by atoms with van der Waals surface area (Å²) in [6.07, 6.45) is 2.41. The highest BCUT2D eigenvalue weighted by Crippen LogP contribution is 2.27. The first-order chi connectivity index (χ1) is 15.1. The Kier molecular flexibility index (Phi) is 6.72. The third kappa shape index (κ3) is 4.67. The third-order valence-corrected chi connectivity index (χ3v) is 6.37. The molecule has 4 rings (SSSR count). The van der Waals surface area contributed by atoms with Gasteiger partial charge in [0.2, 0.25) is 5.16 Å². The summed E-state index contributed by atoms with van der Waals surface area (Å²) in [5.74, 6) is 1.01. The molecule has 8 nitrogen and oxygen atoms in total. The molecule has 0 saturated carbocycles. The Labute approximate surface area is 185 Å². The van der Waals surface area contributed by atoms with Crippen molar-refractivity contribution in [2.45, 2.75) is 51.4 Å². The van der Waals surface area contributed by atoms with Crippen molar-refractivity contribution in [1.82, 2.24) is 24.8 Å². The van der Waals surface area contributed by atoms with E-state index in [-0.39, 0.29) is 17.6 Å². The lowest BCUT2D eigenvalue weighted by atomic mass is 10.2. The van der Waals surface area contributed by atoms with Crippen LogP contribution in [-0.4, -0.2) is 55.6 Å². The zero-order valence-electron chi connectivity index (χ0n) is 18.1. The molecule has 1 saturated heterocycles. The lowest BCUT2D eigenvalue weighted by molar-refractivity contribution is 0.0957. The highest BCUT2D eigenvalue weighted by molar-refractivity contribution is 7.99. The van der Waals surface area contributed by atoms with Crippen molar-refractivity contribution < 1.29 is 14.3 Å².